The molecule has 3 nitrogen and oxygen atoms in total. The Morgan fingerprint density at radius 3 is 2.64 bits per heavy atom. The molecule has 66 valence electrons. The highest BCUT2D eigenvalue weighted by Crippen LogP contribution is 2.33. The molecule has 1 aliphatic rings. The van der Waals surface area contributed by atoms with E-state index in [1.54, 1.807) is 0 Å². The summed E-state index contributed by atoms with van der Waals surface area (Å²) in [6.45, 7) is 2.22. The third-order valence-electron chi connectivity index (χ3n) is 2.24. The van der Waals surface area contributed by atoms with Crippen molar-refractivity contribution in [2.45, 2.75) is 30.3 Å². The van der Waals surface area contributed by atoms with E-state index in [1.165, 1.54) is 0 Å². The largest absolute Gasteiger partial charge is 0.394 e. The maximum absolute atomic E-state index is 9.55. The molecule has 11 heavy (non-hydrogen) atoms. The summed E-state index contributed by atoms with van der Waals surface area (Å²) in [4.78, 5) is 0. The van der Waals surface area contributed by atoms with Gasteiger partial charge in [-0.05, 0) is 6.42 Å². The summed E-state index contributed by atoms with van der Waals surface area (Å²) in [5, 5.41) is 18.3. The zero-order valence-corrected chi connectivity index (χ0v) is 7.42. The van der Waals surface area contributed by atoms with E-state index >= 15 is 0 Å². The Hall–Kier alpha value is 0.230. The molecular formula is C7H14O3S. The van der Waals surface area contributed by atoms with Gasteiger partial charge in [-0.1, -0.05) is 6.92 Å². The molecule has 0 aliphatic carbocycles. The van der Waals surface area contributed by atoms with Gasteiger partial charge in [0.15, 0.2) is 0 Å². The first-order valence-corrected chi connectivity index (χ1v) is 4.21. The number of aliphatic hydroxyl groups excluding tert-OH is 2. The number of rotatable bonds is 2. The first kappa shape index (κ1) is 9.32. The molecule has 4 heteroatoms. The molecular weight excluding hydrogens is 164 g/mol. The van der Waals surface area contributed by atoms with Gasteiger partial charge in [0.1, 0.15) is 6.10 Å². The number of hydrogen-bond acceptors (Lipinski definition) is 4. The van der Waals surface area contributed by atoms with Crippen LogP contribution in [0.1, 0.15) is 13.3 Å². The molecule has 1 fully saturated rings. The van der Waals surface area contributed by atoms with Crippen molar-refractivity contribution >= 4 is 12.6 Å². The second-order valence-electron chi connectivity index (χ2n) is 2.93. The van der Waals surface area contributed by atoms with Gasteiger partial charge < -0.3 is 14.9 Å². The van der Waals surface area contributed by atoms with Crippen LogP contribution >= 0.6 is 12.6 Å². The average molecular weight is 178 g/mol. The Morgan fingerprint density at radius 2 is 2.36 bits per heavy atom. The molecule has 0 aromatic carbocycles. The summed E-state index contributed by atoms with van der Waals surface area (Å²) >= 11 is 4.30. The van der Waals surface area contributed by atoms with Gasteiger partial charge in [0.25, 0.3) is 0 Å². The van der Waals surface area contributed by atoms with Gasteiger partial charge in [-0.2, -0.15) is 12.6 Å². The Labute approximate surface area is 71.8 Å². The second-order valence-corrected chi connectivity index (χ2v) is 3.82. The fraction of sp³-hybridized carbons (Fsp3) is 1.00. The highest BCUT2D eigenvalue weighted by molar-refractivity contribution is 7.82. The van der Waals surface area contributed by atoms with Crippen molar-refractivity contribution < 1.29 is 14.9 Å². The van der Waals surface area contributed by atoms with Crippen LogP contribution in [-0.4, -0.2) is 40.4 Å². The highest BCUT2D eigenvalue weighted by Gasteiger charge is 2.44. The standard InChI is InChI=1S/C7H14O3S/c1-2-7(11)4-10-5(3-8)6(7)9/h5-6,8-9,11H,2-4H2,1H3/t5-,6-,7-/m1/s1. The van der Waals surface area contributed by atoms with E-state index in [2.05, 4.69) is 12.6 Å². The normalized spacial score (nSPS) is 44.7. The summed E-state index contributed by atoms with van der Waals surface area (Å²) in [6, 6.07) is 0. The molecule has 0 spiro atoms. The summed E-state index contributed by atoms with van der Waals surface area (Å²) in [7, 11) is 0. The summed E-state index contributed by atoms with van der Waals surface area (Å²) < 4.78 is 4.68. The van der Waals surface area contributed by atoms with E-state index in [0.717, 1.165) is 6.42 Å². The maximum Gasteiger partial charge on any atom is 0.108 e. The average Bonchev–Trinajstić information content (AvgIpc) is 2.31. The molecule has 2 N–H and O–H groups in total. The molecule has 0 unspecified atom stereocenters. The molecule has 0 aromatic rings. The van der Waals surface area contributed by atoms with Crippen molar-refractivity contribution in [3.63, 3.8) is 0 Å². The van der Waals surface area contributed by atoms with Crippen molar-refractivity contribution in [3.05, 3.63) is 0 Å². The van der Waals surface area contributed by atoms with E-state index in [0.29, 0.717) is 6.61 Å². The fourth-order valence-corrected chi connectivity index (χ4v) is 1.48. The first-order chi connectivity index (χ1) is 5.14. The van der Waals surface area contributed by atoms with Gasteiger partial charge in [-0.25, -0.2) is 0 Å². The number of aliphatic hydroxyl groups is 2. The Kier molecular flexibility index (Phi) is 2.80. The Balaban J connectivity index is 2.61. The van der Waals surface area contributed by atoms with Crippen LogP contribution in [0.4, 0.5) is 0 Å². The van der Waals surface area contributed by atoms with E-state index in [-0.39, 0.29) is 6.61 Å². The van der Waals surface area contributed by atoms with Crippen LogP contribution < -0.4 is 0 Å². The molecule has 0 saturated carbocycles. The number of hydrogen-bond donors (Lipinski definition) is 3. The molecule has 1 saturated heterocycles. The van der Waals surface area contributed by atoms with E-state index in [9.17, 15) is 5.11 Å². The zero-order chi connectivity index (χ0) is 8.48. The number of ether oxygens (including phenoxy) is 1. The third kappa shape index (κ3) is 1.54. The van der Waals surface area contributed by atoms with Crippen molar-refractivity contribution in [2.75, 3.05) is 13.2 Å². The van der Waals surface area contributed by atoms with Crippen LogP contribution in [0, 0.1) is 0 Å². The summed E-state index contributed by atoms with van der Waals surface area (Å²) in [5.74, 6) is 0. The molecule has 0 radical (unpaired) electrons. The monoisotopic (exact) mass is 178 g/mol. The van der Waals surface area contributed by atoms with Gasteiger partial charge >= 0.3 is 0 Å². The minimum Gasteiger partial charge on any atom is -0.394 e. The predicted octanol–water partition coefficient (Wildman–Crippen LogP) is -0.183. The molecule has 0 amide bonds. The smallest absolute Gasteiger partial charge is 0.108 e. The van der Waals surface area contributed by atoms with Crippen LogP contribution in [0.15, 0.2) is 0 Å². The van der Waals surface area contributed by atoms with Crippen molar-refractivity contribution in [3.8, 4) is 0 Å². The quantitative estimate of drug-likeness (QED) is 0.514. The Morgan fingerprint density at radius 1 is 1.73 bits per heavy atom. The molecule has 0 bridgehead atoms. The highest BCUT2D eigenvalue weighted by atomic mass is 32.1. The summed E-state index contributed by atoms with van der Waals surface area (Å²) in [6.07, 6.45) is -0.360. The van der Waals surface area contributed by atoms with Gasteiger partial charge in [0.05, 0.1) is 24.1 Å². The molecule has 1 aliphatic heterocycles. The van der Waals surface area contributed by atoms with E-state index in [4.69, 9.17) is 9.84 Å². The van der Waals surface area contributed by atoms with Crippen molar-refractivity contribution in [1.29, 1.82) is 0 Å². The second kappa shape index (κ2) is 3.31. The summed E-state index contributed by atoms with van der Waals surface area (Å²) in [5.41, 5.74) is 0. The number of thiol groups is 1. The van der Waals surface area contributed by atoms with Crippen molar-refractivity contribution in [1.82, 2.24) is 0 Å². The van der Waals surface area contributed by atoms with Gasteiger partial charge in [-0.15, -0.1) is 0 Å². The first-order valence-electron chi connectivity index (χ1n) is 3.77. The van der Waals surface area contributed by atoms with Crippen LogP contribution in [0.3, 0.4) is 0 Å². The molecule has 1 rings (SSSR count). The predicted molar refractivity (Wildman–Crippen MR) is 44.8 cm³/mol. The Bertz CT molecular complexity index is 142. The third-order valence-corrected chi connectivity index (χ3v) is 2.95. The minimum absolute atomic E-state index is 0.135. The fourth-order valence-electron chi connectivity index (χ4n) is 1.24. The SMILES string of the molecule is CC[C@@]1(S)CO[C@H](CO)[C@H]1O. The maximum atomic E-state index is 9.55. The van der Waals surface area contributed by atoms with Gasteiger partial charge in [0.2, 0.25) is 0 Å². The molecule has 0 aromatic heterocycles. The van der Waals surface area contributed by atoms with Crippen molar-refractivity contribution in [2.24, 2.45) is 0 Å². The topological polar surface area (TPSA) is 49.7 Å². The lowest BCUT2D eigenvalue weighted by Gasteiger charge is -2.24. The lowest BCUT2D eigenvalue weighted by atomic mass is 9.98. The van der Waals surface area contributed by atoms with Gasteiger partial charge in [-0.3, -0.25) is 0 Å². The van der Waals surface area contributed by atoms with E-state index < -0.39 is 17.0 Å². The van der Waals surface area contributed by atoms with Crippen LogP contribution in [0.5, 0.6) is 0 Å². The lowest BCUT2D eigenvalue weighted by Crippen LogP contribution is -2.39. The van der Waals surface area contributed by atoms with Crippen LogP contribution in [-0.2, 0) is 4.74 Å². The minimum atomic E-state index is -0.652. The van der Waals surface area contributed by atoms with Crippen LogP contribution in [0.25, 0.3) is 0 Å². The zero-order valence-electron chi connectivity index (χ0n) is 6.53. The van der Waals surface area contributed by atoms with E-state index in [1.807, 2.05) is 6.92 Å². The lowest BCUT2D eigenvalue weighted by molar-refractivity contribution is 0.00261. The molecule has 1 heterocycles. The van der Waals surface area contributed by atoms with Gasteiger partial charge in [0, 0.05) is 0 Å². The van der Waals surface area contributed by atoms with Crippen LogP contribution in [0.2, 0.25) is 0 Å². The molecule has 3 atom stereocenters.